The molecule has 0 atom stereocenters. The van der Waals surface area contributed by atoms with Gasteiger partial charge < -0.3 is 19.7 Å². The van der Waals surface area contributed by atoms with Gasteiger partial charge in [0.1, 0.15) is 22.6 Å². The number of ketones is 2. The lowest BCUT2D eigenvalue weighted by Gasteiger charge is -2.06. The second kappa shape index (κ2) is 13.5. The van der Waals surface area contributed by atoms with Gasteiger partial charge in [-0.25, -0.2) is 9.59 Å². The standard InChI is InChI=1S/C27H28O8/c1-3-13-34-26(32)22-15-18(7-11-24(22)30)5-9-20(28)17-21(29)10-6-19-8-12-25(31)23(16-19)27(33)35-14-4-2/h5-12,15-16,30-31H,3-4,13-14,17H2,1-2H3. The van der Waals surface area contributed by atoms with Gasteiger partial charge >= 0.3 is 11.9 Å². The van der Waals surface area contributed by atoms with E-state index in [0.29, 0.717) is 24.0 Å². The molecule has 0 aromatic heterocycles. The summed E-state index contributed by atoms with van der Waals surface area (Å²) in [5.74, 6) is -2.71. The van der Waals surface area contributed by atoms with Crippen LogP contribution in [0.1, 0.15) is 65.0 Å². The van der Waals surface area contributed by atoms with Crippen LogP contribution in [-0.2, 0) is 19.1 Å². The van der Waals surface area contributed by atoms with Crippen molar-refractivity contribution in [1.29, 1.82) is 0 Å². The van der Waals surface area contributed by atoms with Crippen molar-refractivity contribution in [2.75, 3.05) is 13.2 Å². The van der Waals surface area contributed by atoms with Crippen molar-refractivity contribution in [2.45, 2.75) is 33.1 Å². The molecule has 0 saturated carbocycles. The highest BCUT2D eigenvalue weighted by Gasteiger charge is 2.14. The van der Waals surface area contributed by atoms with Crippen LogP contribution in [-0.4, -0.2) is 46.9 Å². The second-order valence-electron chi connectivity index (χ2n) is 7.60. The molecule has 2 aromatic carbocycles. The molecule has 0 amide bonds. The molecule has 2 rings (SSSR count). The fraction of sp³-hybridized carbons (Fsp3) is 0.259. The lowest BCUT2D eigenvalue weighted by Crippen LogP contribution is -2.06. The first-order valence-electron chi connectivity index (χ1n) is 11.2. The predicted molar refractivity (Wildman–Crippen MR) is 130 cm³/mol. The van der Waals surface area contributed by atoms with Crippen LogP contribution in [0, 0.1) is 0 Å². The number of phenolic OH excluding ortho intramolecular Hbond substituents is 2. The van der Waals surface area contributed by atoms with Crippen LogP contribution in [0.3, 0.4) is 0 Å². The predicted octanol–water partition coefficient (Wildman–Crippen LogP) is 4.49. The summed E-state index contributed by atoms with van der Waals surface area (Å²) in [6.07, 6.45) is 6.18. The molecule has 0 radical (unpaired) electrons. The fourth-order valence-electron chi connectivity index (χ4n) is 2.85. The van der Waals surface area contributed by atoms with Gasteiger partial charge in [0, 0.05) is 0 Å². The van der Waals surface area contributed by atoms with Crippen LogP contribution < -0.4 is 0 Å². The zero-order chi connectivity index (χ0) is 25.8. The summed E-state index contributed by atoms with van der Waals surface area (Å²) in [6.45, 7) is 4.14. The van der Waals surface area contributed by atoms with Gasteiger partial charge in [0.2, 0.25) is 0 Å². The van der Waals surface area contributed by atoms with E-state index in [-0.39, 0.29) is 42.3 Å². The van der Waals surface area contributed by atoms with E-state index < -0.39 is 23.5 Å². The molecule has 0 spiro atoms. The van der Waals surface area contributed by atoms with Crippen LogP contribution in [0.25, 0.3) is 12.2 Å². The fourth-order valence-corrected chi connectivity index (χ4v) is 2.85. The highest BCUT2D eigenvalue weighted by Crippen LogP contribution is 2.22. The van der Waals surface area contributed by atoms with Gasteiger partial charge in [0.25, 0.3) is 0 Å². The van der Waals surface area contributed by atoms with E-state index in [0.717, 1.165) is 0 Å². The van der Waals surface area contributed by atoms with Crippen LogP contribution in [0.15, 0.2) is 48.6 Å². The number of aromatic hydroxyl groups is 2. The van der Waals surface area contributed by atoms with Crippen molar-refractivity contribution in [3.05, 3.63) is 70.8 Å². The molecular formula is C27H28O8. The lowest BCUT2D eigenvalue weighted by atomic mass is 10.1. The molecule has 2 N–H and O–H groups in total. The van der Waals surface area contributed by atoms with E-state index in [1.807, 2.05) is 13.8 Å². The summed E-state index contributed by atoms with van der Waals surface area (Å²) < 4.78 is 10.0. The number of phenols is 2. The summed E-state index contributed by atoms with van der Waals surface area (Å²) in [7, 11) is 0. The zero-order valence-corrected chi connectivity index (χ0v) is 19.7. The third-order valence-corrected chi connectivity index (χ3v) is 4.63. The topological polar surface area (TPSA) is 127 Å². The van der Waals surface area contributed by atoms with E-state index in [9.17, 15) is 29.4 Å². The summed E-state index contributed by atoms with van der Waals surface area (Å²) in [4.78, 5) is 48.4. The van der Waals surface area contributed by atoms with Gasteiger partial charge in [0.05, 0.1) is 19.6 Å². The SMILES string of the molecule is CCCOC(=O)c1cc(C=CC(=O)CC(=O)C=Cc2ccc(O)c(C(=O)OCCC)c2)ccc1O. The van der Waals surface area contributed by atoms with Crippen molar-refractivity contribution in [3.8, 4) is 11.5 Å². The smallest absolute Gasteiger partial charge is 0.341 e. The minimum atomic E-state index is -0.665. The van der Waals surface area contributed by atoms with Gasteiger partial charge in [-0.3, -0.25) is 9.59 Å². The van der Waals surface area contributed by atoms with Crippen molar-refractivity contribution in [2.24, 2.45) is 0 Å². The molecule has 8 nitrogen and oxygen atoms in total. The third-order valence-electron chi connectivity index (χ3n) is 4.63. The molecule has 0 saturated heterocycles. The summed E-state index contributed by atoms with van der Waals surface area (Å²) in [5, 5.41) is 19.7. The van der Waals surface area contributed by atoms with Gasteiger partial charge in [0.15, 0.2) is 11.6 Å². The quantitative estimate of drug-likeness (QED) is 0.258. The number of carbonyl (C=O) groups is 4. The van der Waals surface area contributed by atoms with Crippen LogP contribution >= 0.6 is 0 Å². The Hall–Kier alpha value is -4.20. The zero-order valence-electron chi connectivity index (χ0n) is 19.7. The highest BCUT2D eigenvalue weighted by molar-refractivity contribution is 6.11. The number of rotatable bonds is 12. The Morgan fingerprint density at radius 1 is 0.714 bits per heavy atom. The first-order chi connectivity index (χ1) is 16.7. The Morgan fingerprint density at radius 3 is 1.49 bits per heavy atom. The summed E-state index contributed by atoms with van der Waals surface area (Å²) in [6, 6.07) is 8.48. The van der Waals surface area contributed by atoms with Gasteiger partial charge in [-0.2, -0.15) is 0 Å². The molecular weight excluding hydrogens is 452 g/mol. The first kappa shape index (κ1) is 27.0. The number of hydrogen-bond donors (Lipinski definition) is 2. The van der Waals surface area contributed by atoms with E-state index >= 15 is 0 Å². The first-order valence-corrected chi connectivity index (χ1v) is 11.2. The Kier molecular flexibility index (Phi) is 10.4. The number of allylic oxidation sites excluding steroid dienone is 2. The molecule has 8 heteroatoms. The number of hydrogen-bond acceptors (Lipinski definition) is 8. The summed E-state index contributed by atoms with van der Waals surface area (Å²) >= 11 is 0. The van der Waals surface area contributed by atoms with Crippen molar-refractivity contribution in [1.82, 2.24) is 0 Å². The Morgan fingerprint density at radius 2 is 1.11 bits per heavy atom. The minimum absolute atomic E-state index is 0.0149. The van der Waals surface area contributed by atoms with E-state index in [2.05, 4.69) is 0 Å². The van der Waals surface area contributed by atoms with Crippen LogP contribution in [0.4, 0.5) is 0 Å². The largest absolute Gasteiger partial charge is 0.507 e. The molecule has 0 aliphatic carbocycles. The Balaban J connectivity index is 2.00. The number of esters is 2. The number of carbonyl (C=O) groups excluding carboxylic acids is 4. The Bertz CT molecular complexity index is 1050. The molecule has 0 unspecified atom stereocenters. The second-order valence-corrected chi connectivity index (χ2v) is 7.60. The molecule has 184 valence electrons. The maximum Gasteiger partial charge on any atom is 0.341 e. The van der Waals surface area contributed by atoms with E-state index in [4.69, 9.17) is 9.47 Å². The monoisotopic (exact) mass is 480 g/mol. The van der Waals surface area contributed by atoms with Crippen molar-refractivity contribution >= 4 is 35.7 Å². The summed E-state index contributed by atoms with van der Waals surface area (Å²) in [5.41, 5.74) is 0.932. The van der Waals surface area contributed by atoms with Gasteiger partial charge in [-0.1, -0.05) is 38.1 Å². The third kappa shape index (κ3) is 8.58. The normalized spacial score (nSPS) is 11.0. The maximum atomic E-state index is 12.2. The van der Waals surface area contributed by atoms with Crippen LogP contribution in [0.2, 0.25) is 0 Å². The van der Waals surface area contributed by atoms with Crippen LogP contribution in [0.5, 0.6) is 11.5 Å². The van der Waals surface area contributed by atoms with Crippen molar-refractivity contribution in [3.63, 3.8) is 0 Å². The minimum Gasteiger partial charge on any atom is -0.507 e. The molecule has 0 fully saturated rings. The van der Waals surface area contributed by atoms with Gasteiger partial charge in [-0.05, 0) is 60.4 Å². The van der Waals surface area contributed by atoms with E-state index in [1.54, 1.807) is 0 Å². The number of benzene rings is 2. The average Bonchev–Trinajstić information content (AvgIpc) is 2.84. The number of ether oxygens (including phenoxy) is 2. The van der Waals surface area contributed by atoms with E-state index in [1.165, 1.54) is 60.7 Å². The van der Waals surface area contributed by atoms with Gasteiger partial charge in [-0.15, -0.1) is 0 Å². The highest BCUT2D eigenvalue weighted by atomic mass is 16.5. The average molecular weight is 481 g/mol. The molecule has 35 heavy (non-hydrogen) atoms. The molecule has 0 heterocycles. The lowest BCUT2D eigenvalue weighted by molar-refractivity contribution is -0.121. The molecule has 0 aliphatic heterocycles. The Labute approximate surface area is 203 Å². The molecule has 0 aliphatic rings. The maximum absolute atomic E-state index is 12.2. The molecule has 2 aromatic rings. The molecule has 0 bridgehead atoms. The van der Waals surface area contributed by atoms with Crippen molar-refractivity contribution < 1.29 is 38.9 Å².